The quantitative estimate of drug-likeness (QED) is 0.559. The highest BCUT2D eigenvalue weighted by Crippen LogP contribution is 2.23. The molecule has 0 unspecified atom stereocenters. The van der Waals surface area contributed by atoms with Gasteiger partial charge in [-0.25, -0.2) is 0 Å². The van der Waals surface area contributed by atoms with E-state index in [0.717, 1.165) is 10.0 Å². The van der Waals surface area contributed by atoms with Crippen LogP contribution in [0.2, 0.25) is 5.02 Å². The fraction of sp³-hybridized carbons (Fsp3) is 0.0588. The number of nitrogens with zero attached hydrogens (tertiary/aromatic N) is 2. The Balaban J connectivity index is 1.77. The Bertz CT molecular complexity index is 895. The summed E-state index contributed by atoms with van der Waals surface area (Å²) in [7, 11) is 0. The summed E-state index contributed by atoms with van der Waals surface area (Å²) in [4.78, 5) is 12.3. The van der Waals surface area contributed by atoms with Crippen LogP contribution in [0.4, 0.5) is 5.82 Å². The van der Waals surface area contributed by atoms with Crippen LogP contribution in [0.5, 0.6) is 0 Å². The van der Waals surface area contributed by atoms with E-state index in [1.807, 2.05) is 36.4 Å². The summed E-state index contributed by atoms with van der Waals surface area (Å²) in [5.41, 5.74) is 1.51. The second-order valence-corrected chi connectivity index (χ2v) is 7.26. The van der Waals surface area contributed by atoms with Crippen LogP contribution >= 0.6 is 43.5 Å². The Hall–Kier alpha value is -1.63. The number of nitrogens with one attached hydrogen (secondary N) is 1. The molecule has 0 saturated heterocycles. The molecule has 3 rings (SSSR count). The second kappa shape index (κ2) is 7.51. The summed E-state index contributed by atoms with van der Waals surface area (Å²) < 4.78 is 3.28. The lowest BCUT2D eigenvalue weighted by Gasteiger charge is -2.05. The SMILES string of the molecule is O=C(Nc1nn(Cc2ccccc2Cl)cc1Br)c1cccc(Br)c1. The molecule has 0 radical (unpaired) electrons. The molecular formula is C17H12Br2ClN3O. The number of hydrogen-bond donors (Lipinski definition) is 1. The average molecular weight is 470 g/mol. The molecular weight excluding hydrogens is 457 g/mol. The van der Waals surface area contributed by atoms with Crippen molar-refractivity contribution in [1.82, 2.24) is 9.78 Å². The van der Waals surface area contributed by atoms with Crippen molar-refractivity contribution in [2.24, 2.45) is 0 Å². The Morgan fingerprint density at radius 3 is 2.71 bits per heavy atom. The Morgan fingerprint density at radius 1 is 1.17 bits per heavy atom. The first-order chi connectivity index (χ1) is 11.5. The van der Waals surface area contributed by atoms with Gasteiger partial charge in [0.05, 0.1) is 11.0 Å². The first kappa shape index (κ1) is 17.2. The van der Waals surface area contributed by atoms with Crippen LogP contribution in [-0.4, -0.2) is 15.7 Å². The van der Waals surface area contributed by atoms with E-state index in [0.29, 0.717) is 27.4 Å². The van der Waals surface area contributed by atoms with E-state index >= 15 is 0 Å². The lowest BCUT2D eigenvalue weighted by molar-refractivity contribution is 0.102. The molecule has 0 aliphatic carbocycles. The third-order valence-electron chi connectivity index (χ3n) is 3.33. The summed E-state index contributed by atoms with van der Waals surface area (Å²) in [5, 5.41) is 7.89. The van der Waals surface area contributed by atoms with E-state index in [2.05, 4.69) is 42.3 Å². The maximum absolute atomic E-state index is 12.3. The molecule has 24 heavy (non-hydrogen) atoms. The van der Waals surface area contributed by atoms with Crippen molar-refractivity contribution < 1.29 is 4.79 Å². The van der Waals surface area contributed by atoms with Crippen molar-refractivity contribution in [3.05, 3.63) is 79.8 Å². The van der Waals surface area contributed by atoms with Crippen molar-refractivity contribution in [2.45, 2.75) is 6.54 Å². The van der Waals surface area contributed by atoms with Gasteiger partial charge < -0.3 is 5.32 Å². The summed E-state index contributed by atoms with van der Waals surface area (Å²) >= 11 is 13.0. The molecule has 0 aliphatic heterocycles. The molecule has 1 aromatic heterocycles. The number of benzene rings is 2. The van der Waals surface area contributed by atoms with Crippen molar-refractivity contribution in [1.29, 1.82) is 0 Å². The molecule has 3 aromatic rings. The van der Waals surface area contributed by atoms with Gasteiger partial charge in [-0.1, -0.05) is 51.8 Å². The van der Waals surface area contributed by atoms with E-state index in [1.54, 1.807) is 23.0 Å². The van der Waals surface area contributed by atoms with Gasteiger partial charge >= 0.3 is 0 Å². The van der Waals surface area contributed by atoms with Crippen LogP contribution in [0.3, 0.4) is 0 Å². The van der Waals surface area contributed by atoms with Crippen LogP contribution in [0, 0.1) is 0 Å². The van der Waals surface area contributed by atoms with Gasteiger partial charge in [-0.2, -0.15) is 5.10 Å². The summed E-state index contributed by atoms with van der Waals surface area (Å²) in [6, 6.07) is 14.8. The van der Waals surface area contributed by atoms with E-state index in [9.17, 15) is 4.79 Å². The van der Waals surface area contributed by atoms with Gasteiger partial charge in [0.15, 0.2) is 5.82 Å². The standard InChI is InChI=1S/C17H12Br2ClN3O/c18-13-6-3-5-11(8-13)17(24)21-16-14(19)10-23(22-16)9-12-4-1-2-7-15(12)20/h1-8,10H,9H2,(H,21,22,24). The predicted molar refractivity (Wildman–Crippen MR) is 103 cm³/mol. The van der Waals surface area contributed by atoms with Gasteiger partial charge in [0, 0.05) is 21.3 Å². The molecule has 0 bridgehead atoms. The minimum absolute atomic E-state index is 0.222. The number of carbonyl (C=O) groups excluding carboxylic acids is 1. The monoisotopic (exact) mass is 467 g/mol. The molecule has 0 atom stereocenters. The predicted octanol–water partition coefficient (Wildman–Crippen LogP) is 5.36. The minimum Gasteiger partial charge on any atom is -0.304 e. The number of carbonyl (C=O) groups is 1. The average Bonchev–Trinajstić information content (AvgIpc) is 2.89. The zero-order valence-corrected chi connectivity index (χ0v) is 16.3. The summed E-state index contributed by atoms with van der Waals surface area (Å²) in [6.45, 7) is 0.519. The van der Waals surface area contributed by atoms with Gasteiger partial charge in [0.2, 0.25) is 0 Å². The van der Waals surface area contributed by atoms with Crippen molar-refractivity contribution in [2.75, 3.05) is 5.32 Å². The van der Waals surface area contributed by atoms with Crippen molar-refractivity contribution in [3.63, 3.8) is 0 Å². The molecule has 7 heteroatoms. The third kappa shape index (κ3) is 4.06. The maximum atomic E-state index is 12.3. The maximum Gasteiger partial charge on any atom is 0.256 e. The molecule has 0 fully saturated rings. The number of amides is 1. The fourth-order valence-corrected chi connectivity index (χ4v) is 3.18. The number of rotatable bonds is 4. The second-order valence-electron chi connectivity index (χ2n) is 5.08. The highest BCUT2D eigenvalue weighted by Gasteiger charge is 2.13. The molecule has 122 valence electrons. The van der Waals surface area contributed by atoms with Crippen LogP contribution in [-0.2, 0) is 6.54 Å². The highest BCUT2D eigenvalue weighted by atomic mass is 79.9. The molecule has 0 spiro atoms. The fourth-order valence-electron chi connectivity index (χ4n) is 2.17. The lowest BCUT2D eigenvalue weighted by Crippen LogP contribution is -2.13. The van der Waals surface area contributed by atoms with E-state index in [1.165, 1.54) is 0 Å². The summed E-state index contributed by atoms with van der Waals surface area (Å²) in [6.07, 6.45) is 1.81. The first-order valence-corrected chi connectivity index (χ1v) is 9.02. The molecule has 2 aromatic carbocycles. The first-order valence-electron chi connectivity index (χ1n) is 7.06. The minimum atomic E-state index is -0.222. The number of anilines is 1. The largest absolute Gasteiger partial charge is 0.304 e. The van der Waals surface area contributed by atoms with Gasteiger partial charge in [0.25, 0.3) is 5.91 Å². The molecule has 0 aliphatic rings. The number of aromatic nitrogens is 2. The highest BCUT2D eigenvalue weighted by molar-refractivity contribution is 9.10. The van der Waals surface area contributed by atoms with Gasteiger partial charge in [-0.15, -0.1) is 0 Å². The van der Waals surface area contributed by atoms with Crippen LogP contribution in [0.1, 0.15) is 15.9 Å². The van der Waals surface area contributed by atoms with Gasteiger partial charge in [-0.3, -0.25) is 9.48 Å². The third-order valence-corrected chi connectivity index (χ3v) is 4.77. The lowest BCUT2D eigenvalue weighted by atomic mass is 10.2. The topological polar surface area (TPSA) is 46.9 Å². The van der Waals surface area contributed by atoms with Crippen molar-refractivity contribution in [3.8, 4) is 0 Å². The van der Waals surface area contributed by atoms with Crippen LogP contribution < -0.4 is 5.32 Å². The normalized spacial score (nSPS) is 10.6. The number of hydrogen-bond acceptors (Lipinski definition) is 2. The zero-order chi connectivity index (χ0) is 17.1. The molecule has 1 amide bonds. The molecule has 0 saturated carbocycles. The Kier molecular flexibility index (Phi) is 5.38. The zero-order valence-electron chi connectivity index (χ0n) is 12.3. The molecule has 1 heterocycles. The van der Waals surface area contributed by atoms with Gasteiger partial charge in [0.1, 0.15) is 0 Å². The summed E-state index contributed by atoms with van der Waals surface area (Å²) in [5.74, 6) is 0.243. The van der Waals surface area contributed by atoms with E-state index in [-0.39, 0.29) is 5.91 Å². The van der Waals surface area contributed by atoms with Crippen LogP contribution in [0.15, 0.2) is 63.7 Å². The van der Waals surface area contributed by atoms with Gasteiger partial charge in [-0.05, 0) is 45.8 Å². The molecule has 4 nitrogen and oxygen atoms in total. The Morgan fingerprint density at radius 2 is 1.96 bits per heavy atom. The smallest absolute Gasteiger partial charge is 0.256 e. The van der Waals surface area contributed by atoms with Crippen LogP contribution in [0.25, 0.3) is 0 Å². The van der Waals surface area contributed by atoms with E-state index < -0.39 is 0 Å². The Labute approximate surface area is 161 Å². The van der Waals surface area contributed by atoms with E-state index in [4.69, 9.17) is 11.6 Å². The molecule has 1 N–H and O–H groups in total. The number of halogens is 3. The van der Waals surface area contributed by atoms with Crippen molar-refractivity contribution >= 4 is 55.2 Å².